The molecule has 0 aliphatic carbocycles. The summed E-state index contributed by atoms with van der Waals surface area (Å²) in [6.45, 7) is 0. The zero-order chi connectivity index (χ0) is 20.9. The number of sulfonamides is 1. The first-order valence-corrected chi connectivity index (χ1v) is 10.7. The molecule has 3 aromatic rings. The predicted octanol–water partition coefficient (Wildman–Crippen LogP) is 5.45. The molecule has 0 spiro atoms. The predicted molar refractivity (Wildman–Crippen MR) is 118 cm³/mol. The Bertz CT molecular complexity index is 1160. The number of nitrogens with one attached hydrogen (secondary N) is 2. The molecule has 5 nitrogen and oxygen atoms in total. The van der Waals surface area contributed by atoms with Crippen LogP contribution in [0, 0.1) is 0 Å². The van der Waals surface area contributed by atoms with Gasteiger partial charge in [0.05, 0.1) is 10.6 Å². The summed E-state index contributed by atoms with van der Waals surface area (Å²) < 4.78 is 27.4. The second-order valence-electron chi connectivity index (χ2n) is 5.98. The van der Waals surface area contributed by atoms with E-state index in [2.05, 4.69) is 10.0 Å². The Labute approximate surface area is 179 Å². The molecule has 0 heterocycles. The van der Waals surface area contributed by atoms with Crippen molar-refractivity contribution in [2.75, 3.05) is 10.0 Å². The molecule has 0 saturated carbocycles. The highest BCUT2D eigenvalue weighted by atomic mass is 35.5. The summed E-state index contributed by atoms with van der Waals surface area (Å²) >= 11 is 11.9. The second-order valence-corrected chi connectivity index (χ2v) is 8.51. The van der Waals surface area contributed by atoms with E-state index >= 15 is 0 Å². The third-order valence-corrected chi connectivity index (χ3v) is 5.80. The van der Waals surface area contributed by atoms with Gasteiger partial charge in [0.1, 0.15) is 0 Å². The Hall–Kier alpha value is -2.80. The fraction of sp³-hybridized carbons (Fsp3) is 0. The Morgan fingerprint density at radius 3 is 2.28 bits per heavy atom. The van der Waals surface area contributed by atoms with Gasteiger partial charge in [0.15, 0.2) is 0 Å². The van der Waals surface area contributed by atoms with Crippen molar-refractivity contribution in [1.82, 2.24) is 0 Å². The highest BCUT2D eigenvalue weighted by Crippen LogP contribution is 2.21. The number of hydrogen-bond acceptors (Lipinski definition) is 3. The summed E-state index contributed by atoms with van der Waals surface area (Å²) in [6, 6.07) is 19.4. The third-order valence-electron chi connectivity index (χ3n) is 3.83. The fourth-order valence-corrected chi connectivity index (χ4v) is 3.88. The number of rotatable bonds is 6. The number of benzene rings is 3. The molecular weight excluding hydrogens is 431 g/mol. The molecule has 1 amide bonds. The van der Waals surface area contributed by atoms with E-state index in [-0.39, 0.29) is 10.8 Å². The summed E-state index contributed by atoms with van der Waals surface area (Å²) in [4.78, 5) is 12.1. The van der Waals surface area contributed by atoms with E-state index in [0.717, 1.165) is 5.56 Å². The Balaban J connectivity index is 1.66. The quantitative estimate of drug-likeness (QED) is 0.494. The zero-order valence-corrected chi connectivity index (χ0v) is 17.3. The van der Waals surface area contributed by atoms with Gasteiger partial charge in [0.2, 0.25) is 5.91 Å². The van der Waals surface area contributed by atoms with E-state index in [1.807, 2.05) is 6.07 Å². The van der Waals surface area contributed by atoms with Crippen molar-refractivity contribution in [2.45, 2.75) is 4.90 Å². The summed E-state index contributed by atoms with van der Waals surface area (Å²) in [5.74, 6) is -0.363. The van der Waals surface area contributed by atoms with Gasteiger partial charge in [0, 0.05) is 21.8 Å². The molecular formula is C21H16Cl2N2O3S. The molecule has 148 valence electrons. The number of carbonyl (C=O) groups excluding carboxylic acids is 1. The standard InChI is InChI=1S/C21H16Cl2N2O3S/c22-16-5-3-6-18(14-16)25-29(27,28)19-11-9-17(10-12-19)24-21(26)13-8-15-4-1-2-7-20(15)23/h1-14,25H,(H,24,26)/b13-8+. The minimum absolute atomic E-state index is 0.0575. The van der Waals surface area contributed by atoms with Gasteiger partial charge in [-0.25, -0.2) is 8.42 Å². The maximum Gasteiger partial charge on any atom is 0.261 e. The Morgan fingerprint density at radius 2 is 1.59 bits per heavy atom. The average molecular weight is 447 g/mol. The molecule has 2 N–H and O–H groups in total. The van der Waals surface area contributed by atoms with Crippen LogP contribution in [-0.2, 0) is 14.8 Å². The smallest absolute Gasteiger partial charge is 0.261 e. The van der Waals surface area contributed by atoms with Crippen molar-refractivity contribution in [2.24, 2.45) is 0 Å². The molecule has 3 aromatic carbocycles. The Morgan fingerprint density at radius 1 is 0.862 bits per heavy atom. The lowest BCUT2D eigenvalue weighted by molar-refractivity contribution is -0.111. The van der Waals surface area contributed by atoms with Gasteiger partial charge in [-0.3, -0.25) is 9.52 Å². The molecule has 0 bridgehead atoms. The van der Waals surface area contributed by atoms with Crippen LogP contribution < -0.4 is 10.0 Å². The van der Waals surface area contributed by atoms with Gasteiger partial charge < -0.3 is 5.32 Å². The number of amides is 1. The van der Waals surface area contributed by atoms with Crippen molar-refractivity contribution in [3.63, 3.8) is 0 Å². The van der Waals surface area contributed by atoms with Crippen molar-refractivity contribution in [3.8, 4) is 0 Å². The molecule has 0 radical (unpaired) electrons. The molecule has 0 atom stereocenters. The van der Waals surface area contributed by atoms with E-state index in [9.17, 15) is 13.2 Å². The molecule has 0 saturated heterocycles. The Kier molecular flexibility index (Phi) is 6.59. The van der Waals surface area contributed by atoms with Gasteiger partial charge >= 0.3 is 0 Å². The lowest BCUT2D eigenvalue weighted by atomic mass is 10.2. The summed E-state index contributed by atoms with van der Waals surface area (Å²) in [7, 11) is -3.78. The maximum absolute atomic E-state index is 12.5. The van der Waals surface area contributed by atoms with Gasteiger partial charge in [-0.2, -0.15) is 0 Å². The second kappa shape index (κ2) is 9.13. The zero-order valence-electron chi connectivity index (χ0n) is 15.0. The monoisotopic (exact) mass is 446 g/mol. The number of halogens is 2. The van der Waals surface area contributed by atoms with Crippen LogP contribution in [0.2, 0.25) is 10.0 Å². The molecule has 8 heteroatoms. The molecule has 0 aliphatic rings. The summed E-state index contributed by atoms with van der Waals surface area (Å²) in [5.41, 5.74) is 1.54. The van der Waals surface area contributed by atoms with Crippen LogP contribution in [0.1, 0.15) is 5.56 Å². The first-order chi connectivity index (χ1) is 13.8. The number of hydrogen-bond donors (Lipinski definition) is 2. The molecule has 0 unspecified atom stereocenters. The maximum atomic E-state index is 12.5. The number of carbonyl (C=O) groups is 1. The molecule has 0 aliphatic heterocycles. The van der Waals surface area contributed by atoms with E-state index in [4.69, 9.17) is 23.2 Å². The van der Waals surface area contributed by atoms with Crippen LogP contribution in [0.25, 0.3) is 6.08 Å². The van der Waals surface area contributed by atoms with Gasteiger partial charge in [-0.1, -0.05) is 47.5 Å². The lowest BCUT2D eigenvalue weighted by Crippen LogP contribution is -2.13. The lowest BCUT2D eigenvalue weighted by Gasteiger charge is -2.09. The highest BCUT2D eigenvalue weighted by molar-refractivity contribution is 7.92. The van der Waals surface area contributed by atoms with Crippen LogP contribution in [0.4, 0.5) is 11.4 Å². The molecule has 0 aromatic heterocycles. The van der Waals surface area contributed by atoms with Crippen LogP contribution in [0.15, 0.2) is 83.8 Å². The van der Waals surface area contributed by atoms with E-state index in [0.29, 0.717) is 21.4 Å². The molecule has 0 fully saturated rings. The van der Waals surface area contributed by atoms with Gasteiger partial charge in [-0.15, -0.1) is 0 Å². The van der Waals surface area contributed by atoms with Crippen molar-refractivity contribution < 1.29 is 13.2 Å². The third kappa shape index (κ3) is 5.84. The van der Waals surface area contributed by atoms with E-state index < -0.39 is 10.0 Å². The van der Waals surface area contributed by atoms with E-state index in [1.54, 1.807) is 42.5 Å². The van der Waals surface area contributed by atoms with Crippen LogP contribution in [0.3, 0.4) is 0 Å². The van der Waals surface area contributed by atoms with Crippen LogP contribution >= 0.6 is 23.2 Å². The molecule has 3 rings (SSSR count). The largest absolute Gasteiger partial charge is 0.323 e. The van der Waals surface area contributed by atoms with Gasteiger partial charge in [0.25, 0.3) is 10.0 Å². The first-order valence-electron chi connectivity index (χ1n) is 8.45. The van der Waals surface area contributed by atoms with Crippen LogP contribution in [0.5, 0.6) is 0 Å². The van der Waals surface area contributed by atoms with Crippen molar-refractivity contribution >= 4 is 56.6 Å². The molecule has 29 heavy (non-hydrogen) atoms. The van der Waals surface area contributed by atoms with Gasteiger partial charge in [-0.05, 0) is 60.2 Å². The SMILES string of the molecule is O=C(/C=C/c1ccccc1Cl)Nc1ccc(S(=O)(=O)Nc2cccc(Cl)c2)cc1. The van der Waals surface area contributed by atoms with E-state index in [1.165, 1.54) is 36.4 Å². The topological polar surface area (TPSA) is 75.3 Å². The average Bonchev–Trinajstić information content (AvgIpc) is 2.67. The summed E-state index contributed by atoms with van der Waals surface area (Å²) in [5, 5.41) is 3.63. The first kappa shape index (κ1) is 20.9. The van der Waals surface area contributed by atoms with Crippen LogP contribution in [-0.4, -0.2) is 14.3 Å². The normalized spacial score (nSPS) is 11.4. The minimum Gasteiger partial charge on any atom is -0.323 e. The summed E-state index contributed by atoms with van der Waals surface area (Å²) in [6.07, 6.45) is 2.96. The minimum atomic E-state index is -3.78. The number of anilines is 2. The fourth-order valence-electron chi connectivity index (χ4n) is 2.44. The van der Waals surface area contributed by atoms with Crippen molar-refractivity contribution in [3.05, 3.63) is 94.5 Å². The highest BCUT2D eigenvalue weighted by Gasteiger charge is 2.14. The van der Waals surface area contributed by atoms with Crippen molar-refractivity contribution in [1.29, 1.82) is 0 Å².